The van der Waals surface area contributed by atoms with Crippen LogP contribution in [0.25, 0.3) is 21.9 Å². The zero-order valence-corrected chi connectivity index (χ0v) is 14.4. The molecule has 5 heteroatoms. The van der Waals surface area contributed by atoms with Crippen LogP contribution in [-0.2, 0) is 7.05 Å². The van der Waals surface area contributed by atoms with Gasteiger partial charge in [0.1, 0.15) is 0 Å². The first-order chi connectivity index (χ1) is 11.6. The Kier molecular flexibility index (Phi) is 3.65. The lowest BCUT2D eigenvalue weighted by Gasteiger charge is -2.03. The predicted molar refractivity (Wildman–Crippen MR) is 98.8 cm³/mol. The van der Waals surface area contributed by atoms with Gasteiger partial charge in [-0.3, -0.25) is 4.79 Å². The molecular formula is C19H17N3OS. The number of imidazole rings is 1. The highest BCUT2D eigenvalue weighted by molar-refractivity contribution is 7.99. The van der Waals surface area contributed by atoms with Gasteiger partial charge in [-0.05, 0) is 25.1 Å². The molecule has 0 unspecified atom stereocenters. The van der Waals surface area contributed by atoms with Gasteiger partial charge in [-0.15, -0.1) is 0 Å². The average molecular weight is 335 g/mol. The van der Waals surface area contributed by atoms with E-state index in [2.05, 4.69) is 9.97 Å². The fourth-order valence-corrected chi connectivity index (χ4v) is 3.95. The van der Waals surface area contributed by atoms with Crippen molar-refractivity contribution < 1.29 is 4.79 Å². The summed E-state index contributed by atoms with van der Waals surface area (Å²) in [5.74, 6) is 0.502. The number of aryl methyl sites for hydroxylation is 2. The first kappa shape index (κ1) is 15.0. The first-order valence-electron chi connectivity index (χ1n) is 7.80. The van der Waals surface area contributed by atoms with E-state index in [1.54, 1.807) is 0 Å². The third-order valence-corrected chi connectivity index (χ3v) is 5.28. The number of thioether (sulfide) groups is 1. The van der Waals surface area contributed by atoms with Gasteiger partial charge in [-0.2, -0.15) is 0 Å². The van der Waals surface area contributed by atoms with Gasteiger partial charge in [-0.25, -0.2) is 4.98 Å². The van der Waals surface area contributed by atoms with Crippen LogP contribution in [0, 0.1) is 6.92 Å². The molecule has 0 aliphatic carbocycles. The van der Waals surface area contributed by atoms with Crippen molar-refractivity contribution in [2.75, 3.05) is 5.75 Å². The van der Waals surface area contributed by atoms with Crippen LogP contribution in [0.2, 0.25) is 0 Å². The Morgan fingerprint density at radius 1 is 1.17 bits per heavy atom. The number of benzene rings is 2. The van der Waals surface area contributed by atoms with Gasteiger partial charge in [0.25, 0.3) is 0 Å². The molecule has 0 radical (unpaired) electrons. The molecule has 2 aromatic heterocycles. The Bertz CT molecular complexity index is 1060. The second kappa shape index (κ2) is 5.83. The summed E-state index contributed by atoms with van der Waals surface area (Å²) >= 11 is 1.48. The minimum Gasteiger partial charge on any atom is -0.358 e. The van der Waals surface area contributed by atoms with Crippen LogP contribution in [0.4, 0.5) is 0 Å². The number of hydrogen-bond donors (Lipinski definition) is 1. The molecule has 0 atom stereocenters. The number of H-pyrrole nitrogens is 1. The Labute approximate surface area is 143 Å². The van der Waals surface area contributed by atoms with Crippen molar-refractivity contribution in [2.24, 2.45) is 7.05 Å². The van der Waals surface area contributed by atoms with Crippen LogP contribution >= 0.6 is 11.8 Å². The molecule has 0 saturated heterocycles. The molecule has 4 nitrogen and oxygen atoms in total. The van der Waals surface area contributed by atoms with Crippen molar-refractivity contribution in [1.82, 2.24) is 14.5 Å². The number of carbonyl (C=O) groups is 1. The summed E-state index contributed by atoms with van der Waals surface area (Å²) in [6.07, 6.45) is 0. The maximum Gasteiger partial charge on any atom is 0.175 e. The van der Waals surface area contributed by atoms with Crippen molar-refractivity contribution in [3.8, 4) is 0 Å². The summed E-state index contributed by atoms with van der Waals surface area (Å²) < 4.78 is 2.04. The molecule has 2 aromatic carbocycles. The lowest BCUT2D eigenvalue weighted by atomic mass is 10.1. The van der Waals surface area contributed by atoms with Crippen molar-refractivity contribution >= 4 is 39.5 Å². The smallest absolute Gasteiger partial charge is 0.175 e. The summed E-state index contributed by atoms with van der Waals surface area (Å²) in [4.78, 5) is 20.7. The lowest BCUT2D eigenvalue weighted by Crippen LogP contribution is -2.04. The lowest BCUT2D eigenvalue weighted by molar-refractivity contribution is 0.102. The molecule has 0 saturated carbocycles. The van der Waals surface area contributed by atoms with Crippen molar-refractivity contribution in [2.45, 2.75) is 12.1 Å². The van der Waals surface area contributed by atoms with Crippen LogP contribution in [0.5, 0.6) is 0 Å². The fraction of sp³-hybridized carbons (Fsp3) is 0.158. The maximum absolute atomic E-state index is 12.8. The first-order valence-corrected chi connectivity index (χ1v) is 8.78. The highest BCUT2D eigenvalue weighted by atomic mass is 32.2. The highest BCUT2D eigenvalue weighted by Crippen LogP contribution is 2.27. The molecule has 24 heavy (non-hydrogen) atoms. The Balaban J connectivity index is 1.62. The molecule has 120 valence electrons. The zero-order valence-electron chi connectivity index (χ0n) is 13.5. The molecular weight excluding hydrogens is 318 g/mol. The van der Waals surface area contributed by atoms with Gasteiger partial charge in [0.05, 0.1) is 16.8 Å². The van der Waals surface area contributed by atoms with E-state index in [1.165, 1.54) is 11.8 Å². The molecule has 4 aromatic rings. The minimum absolute atomic E-state index is 0.127. The van der Waals surface area contributed by atoms with Crippen molar-refractivity contribution in [3.63, 3.8) is 0 Å². The molecule has 0 aliphatic rings. The zero-order chi connectivity index (χ0) is 16.7. The third kappa shape index (κ3) is 2.41. The number of carbonyl (C=O) groups excluding carboxylic acids is 1. The number of hydrogen-bond acceptors (Lipinski definition) is 3. The summed E-state index contributed by atoms with van der Waals surface area (Å²) in [6.45, 7) is 1.95. The number of fused-ring (bicyclic) bond motifs is 2. The monoisotopic (exact) mass is 335 g/mol. The number of nitrogens with one attached hydrogen (secondary N) is 1. The number of aromatic nitrogens is 3. The second-order valence-electron chi connectivity index (χ2n) is 5.82. The van der Waals surface area contributed by atoms with Gasteiger partial charge < -0.3 is 9.55 Å². The summed E-state index contributed by atoms with van der Waals surface area (Å²) in [6, 6.07) is 15.9. The third-order valence-electron chi connectivity index (χ3n) is 4.25. The quantitative estimate of drug-likeness (QED) is 0.446. The standard InChI is InChI=1S/C19H17N3OS/c1-12-18(13-7-3-4-8-14(13)20-12)17(23)11-24-19-21-15-9-5-6-10-16(15)22(19)2/h3-10,20H,11H2,1-2H3. The van der Waals surface area contributed by atoms with Gasteiger partial charge in [0.2, 0.25) is 0 Å². The van der Waals surface area contributed by atoms with E-state index in [0.29, 0.717) is 5.75 Å². The van der Waals surface area contributed by atoms with Crippen molar-refractivity contribution in [3.05, 3.63) is 59.8 Å². The van der Waals surface area contributed by atoms with Crippen LogP contribution in [0.3, 0.4) is 0 Å². The van der Waals surface area contributed by atoms with E-state index in [-0.39, 0.29) is 5.78 Å². The SMILES string of the molecule is Cc1[nH]c2ccccc2c1C(=O)CSc1nc2ccccc2n1C. The Morgan fingerprint density at radius 2 is 1.92 bits per heavy atom. The van der Waals surface area contributed by atoms with E-state index < -0.39 is 0 Å². The van der Waals surface area contributed by atoms with E-state index in [9.17, 15) is 4.79 Å². The summed E-state index contributed by atoms with van der Waals surface area (Å²) in [5.41, 5.74) is 4.75. The minimum atomic E-state index is 0.127. The molecule has 0 bridgehead atoms. The molecule has 0 spiro atoms. The number of Topliss-reactive ketones (excluding diaryl/α,β-unsaturated/α-hetero) is 1. The Morgan fingerprint density at radius 3 is 2.75 bits per heavy atom. The largest absolute Gasteiger partial charge is 0.358 e. The molecule has 4 rings (SSSR count). The van der Waals surface area contributed by atoms with E-state index in [4.69, 9.17) is 0 Å². The van der Waals surface area contributed by atoms with Gasteiger partial charge in [0.15, 0.2) is 10.9 Å². The van der Waals surface area contributed by atoms with Crippen LogP contribution in [0.15, 0.2) is 53.7 Å². The molecule has 1 N–H and O–H groups in total. The van der Waals surface area contributed by atoms with Crippen LogP contribution < -0.4 is 0 Å². The number of aromatic amines is 1. The number of nitrogens with zero attached hydrogens (tertiary/aromatic N) is 2. The highest BCUT2D eigenvalue weighted by Gasteiger charge is 2.17. The van der Waals surface area contributed by atoms with E-state index in [1.807, 2.05) is 67.1 Å². The van der Waals surface area contributed by atoms with Crippen LogP contribution in [-0.4, -0.2) is 26.1 Å². The van der Waals surface area contributed by atoms with E-state index >= 15 is 0 Å². The van der Waals surface area contributed by atoms with Gasteiger partial charge in [0, 0.05) is 29.2 Å². The molecule has 0 aliphatic heterocycles. The van der Waals surface area contributed by atoms with Crippen LogP contribution in [0.1, 0.15) is 16.1 Å². The normalized spacial score (nSPS) is 11.4. The van der Waals surface area contributed by atoms with Gasteiger partial charge in [-0.1, -0.05) is 42.1 Å². The second-order valence-corrected chi connectivity index (χ2v) is 6.77. The summed E-state index contributed by atoms with van der Waals surface area (Å²) in [5, 5.41) is 1.85. The molecule has 0 fully saturated rings. The number of para-hydroxylation sites is 3. The molecule has 0 amide bonds. The topological polar surface area (TPSA) is 50.7 Å². The number of rotatable bonds is 4. The number of ketones is 1. The van der Waals surface area contributed by atoms with Gasteiger partial charge >= 0.3 is 0 Å². The summed E-state index contributed by atoms with van der Waals surface area (Å²) in [7, 11) is 1.99. The predicted octanol–water partition coefficient (Wildman–Crippen LogP) is 4.34. The average Bonchev–Trinajstić information content (AvgIpc) is 3.09. The molecule has 2 heterocycles. The Hall–Kier alpha value is -2.53. The van der Waals surface area contributed by atoms with Crippen molar-refractivity contribution in [1.29, 1.82) is 0 Å². The fourth-order valence-electron chi connectivity index (χ4n) is 3.09. The van der Waals surface area contributed by atoms with E-state index in [0.717, 1.165) is 38.4 Å². The maximum atomic E-state index is 12.8.